The van der Waals surface area contributed by atoms with Gasteiger partial charge < -0.3 is 4.90 Å². The molecule has 0 saturated heterocycles. The van der Waals surface area contributed by atoms with Gasteiger partial charge in [-0.15, -0.1) is 0 Å². The number of rotatable bonds is 2. The van der Waals surface area contributed by atoms with Gasteiger partial charge in [0.1, 0.15) is 6.67 Å². The van der Waals surface area contributed by atoms with Crippen molar-refractivity contribution < 1.29 is 0 Å². The molecule has 0 bridgehead atoms. The third kappa shape index (κ3) is 1.65. The van der Waals surface area contributed by atoms with E-state index in [0.29, 0.717) is 0 Å². The van der Waals surface area contributed by atoms with Crippen molar-refractivity contribution in [1.82, 2.24) is 0 Å². The summed E-state index contributed by atoms with van der Waals surface area (Å²) in [5, 5.41) is 0. The molecule has 1 aliphatic rings. The zero-order valence-electron chi connectivity index (χ0n) is 8.83. The van der Waals surface area contributed by atoms with E-state index in [-0.39, 0.29) is 0 Å². The summed E-state index contributed by atoms with van der Waals surface area (Å²) in [7, 11) is 2.08. The van der Waals surface area contributed by atoms with E-state index in [4.69, 9.17) is 0 Å². The van der Waals surface area contributed by atoms with Gasteiger partial charge in [0.25, 0.3) is 0 Å². The average Bonchev–Trinajstić information content (AvgIpc) is 2.18. The van der Waals surface area contributed by atoms with Crippen molar-refractivity contribution >= 4 is 11.9 Å². The van der Waals surface area contributed by atoms with Crippen molar-refractivity contribution in [2.45, 2.75) is 19.8 Å². The third-order valence-corrected chi connectivity index (χ3v) is 2.57. The highest BCUT2D eigenvalue weighted by molar-refractivity contribution is 5.89. The van der Waals surface area contributed by atoms with Crippen molar-refractivity contribution in [1.29, 1.82) is 0 Å². The predicted molar refractivity (Wildman–Crippen MR) is 61.3 cm³/mol. The lowest BCUT2D eigenvalue weighted by Gasteiger charge is -2.23. The molecule has 2 nitrogen and oxygen atoms in total. The van der Waals surface area contributed by atoms with Crippen molar-refractivity contribution in [2.24, 2.45) is 4.99 Å². The summed E-state index contributed by atoms with van der Waals surface area (Å²) in [6.45, 7) is 2.99. The van der Waals surface area contributed by atoms with Crippen LogP contribution in [0.5, 0.6) is 0 Å². The minimum Gasteiger partial charge on any atom is -0.355 e. The SMILES string of the molecule is CCCc1ccc2c(c1)C=NCN2C. The summed E-state index contributed by atoms with van der Waals surface area (Å²) in [5.41, 5.74) is 3.96. The second-order valence-electron chi connectivity index (χ2n) is 3.79. The van der Waals surface area contributed by atoms with Crippen LogP contribution in [-0.4, -0.2) is 19.9 Å². The topological polar surface area (TPSA) is 15.6 Å². The lowest BCUT2D eigenvalue weighted by Crippen LogP contribution is -2.21. The Kier molecular flexibility index (Phi) is 2.53. The molecule has 0 amide bonds. The minimum absolute atomic E-state index is 0.778. The summed E-state index contributed by atoms with van der Waals surface area (Å²) in [6.07, 6.45) is 4.34. The van der Waals surface area contributed by atoms with Gasteiger partial charge in [-0.05, 0) is 24.1 Å². The first-order chi connectivity index (χ1) is 6.81. The number of benzene rings is 1. The molecule has 2 rings (SSSR count). The zero-order valence-corrected chi connectivity index (χ0v) is 8.83. The summed E-state index contributed by atoms with van der Waals surface area (Å²) in [5.74, 6) is 0. The number of aliphatic imine (C=N–C) groups is 1. The van der Waals surface area contributed by atoms with E-state index < -0.39 is 0 Å². The van der Waals surface area contributed by atoms with Crippen LogP contribution >= 0.6 is 0 Å². The highest BCUT2D eigenvalue weighted by Crippen LogP contribution is 2.22. The van der Waals surface area contributed by atoms with Gasteiger partial charge >= 0.3 is 0 Å². The monoisotopic (exact) mass is 188 g/mol. The molecule has 0 aromatic heterocycles. The molecule has 2 heteroatoms. The van der Waals surface area contributed by atoms with Gasteiger partial charge in [0, 0.05) is 24.5 Å². The summed E-state index contributed by atoms with van der Waals surface area (Å²) >= 11 is 0. The van der Waals surface area contributed by atoms with E-state index in [2.05, 4.69) is 42.1 Å². The van der Waals surface area contributed by atoms with E-state index in [1.165, 1.54) is 23.2 Å². The molecule has 1 aliphatic heterocycles. The Morgan fingerprint density at radius 1 is 1.43 bits per heavy atom. The molecule has 1 aromatic rings. The fourth-order valence-corrected chi connectivity index (χ4v) is 1.84. The molecular formula is C12H16N2. The van der Waals surface area contributed by atoms with Gasteiger partial charge in [-0.2, -0.15) is 0 Å². The number of nitrogens with zero attached hydrogens (tertiary/aromatic N) is 2. The van der Waals surface area contributed by atoms with E-state index in [9.17, 15) is 0 Å². The molecule has 0 unspecified atom stereocenters. The van der Waals surface area contributed by atoms with Crippen LogP contribution in [0.4, 0.5) is 5.69 Å². The Labute approximate surface area is 85.3 Å². The Hall–Kier alpha value is -1.31. The third-order valence-electron chi connectivity index (χ3n) is 2.57. The van der Waals surface area contributed by atoms with Gasteiger partial charge in [-0.25, -0.2) is 0 Å². The standard InChI is InChI=1S/C12H16N2/c1-3-4-10-5-6-12-11(7-10)8-13-9-14(12)2/h5-8H,3-4,9H2,1-2H3. The number of hydrogen-bond acceptors (Lipinski definition) is 2. The first-order valence-electron chi connectivity index (χ1n) is 5.15. The number of fused-ring (bicyclic) bond motifs is 1. The van der Waals surface area contributed by atoms with Gasteiger partial charge in [-0.3, -0.25) is 4.99 Å². The Balaban J connectivity index is 2.35. The molecular weight excluding hydrogens is 172 g/mol. The van der Waals surface area contributed by atoms with Crippen LogP contribution in [0, 0.1) is 0 Å². The maximum Gasteiger partial charge on any atom is 0.109 e. The van der Waals surface area contributed by atoms with Crippen molar-refractivity contribution in [2.75, 3.05) is 18.6 Å². The molecule has 0 atom stereocenters. The number of anilines is 1. The molecule has 0 saturated carbocycles. The van der Waals surface area contributed by atoms with Gasteiger partial charge in [-0.1, -0.05) is 19.4 Å². The van der Waals surface area contributed by atoms with Crippen molar-refractivity contribution in [3.8, 4) is 0 Å². The fourth-order valence-electron chi connectivity index (χ4n) is 1.84. The van der Waals surface area contributed by atoms with Gasteiger partial charge in [0.15, 0.2) is 0 Å². The largest absolute Gasteiger partial charge is 0.355 e. The first kappa shape index (κ1) is 9.25. The van der Waals surface area contributed by atoms with Crippen LogP contribution in [0.3, 0.4) is 0 Å². The second kappa shape index (κ2) is 3.82. The molecule has 0 fully saturated rings. The second-order valence-corrected chi connectivity index (χ2v) is 3.79. The Morgan fingerprint density at radius 2 is 2.29 bits per heavy atom. The summed E-state index contributed by atoms with van der Waals surface area (Å²) in [6, 6.07) is 6.67. The molecule has 1 aromatic carbocycles. The molecule has 1 heterocycles. The van der Waals surface area contributed by atoms with Gasteiger partial charge in [0.05, 0.1) is 0 Å². The quantitative estimate of drug-likeness (QED) is 0.696. The zero-order chi connectivity index (χ0) is 9.97. The number of aryl methyl sites for hydroxylation is 1. The number of hydrogen-bond donors (Lipinski definition) is 0. The van der Waals surface area contributed by atoms with Gasteiger partial charge in [0.2, 0.25) is 0 Å². The first-order valence-corrected chi connectivity index (χ1v) is 5.15. The van der Waals surface area contributed by atoms with E-state index in [0.717, 1.165) is 13.1 Å². The maximum absolute atomic E-state index is 4.30. The van der Waals surface area contributed by atoms with E-state index in [1.807, 2.05) is 6.21 Å². The van der Waals surface area contributed by atoms with Crippen LogP contribution in [0.15, 0.2) is 23.2 Å². The smallest absolute Gasteiger partial charge is 0.109 e. The minimum atomic E-state index is 0.778. The van der Waals surface area contributed by atoms with Crippen LogP contribution in [0.2, 0.25) is 0 Å². The fraction of sp³-hybridized carbons (Fsp3) is 0.417. The maximum atomic E-state index is 4.30. The Morgan fingerprint density at radius 3 is 3.07 bits per heavy atom. The highest BCUT2D eigenvalue weighted by Gasteiger charge is 2.09. The predicted octanol–water partition coefficient (Wildman–Crippen LogP) is 2.47. The average molecular weight is 188 g/mol. The van der Waals surface area contributed by atoms with Crippen LogP contribution in [0.1, 0.15) is 24.5 Å². The molecule has 74 valence electrons. The van der Waals surface area contributed by atoms with Crippen LogP contribution in [0.25, 0.3) is 0 Å². The normalized spacial score (nSPS) is 14.3. The summed E-state index contributed by atoms with van der Waals surface area (Å²) < 4.78 is 0. The highest BCUT2D eigenvalue weighted by atomic mass is 15.2. The Bertz CT molecular complexity index is 355. The van der Waals surface area contributed by atoms with Crippen molar-refractivity contribution in [3.63, 3.8) is 0 Å². The molecule has 0 spiro atoms. The molecule has 14 heavy (non-hydrogen) atoms. The lowest BCUT2D eigenvalue weighted by molar-refractivity contribution is 0.905. The van der Waals surface area contributed by atoms with E-state index in [1.54, 1.807) is 0 Å². The lowest BCUT2D eigenvalue weighted by atomic mass is 10.0. The molecule has 0 aliphatic carbocycles. The molecule has 0 N–H and O–H groups in total. The van der Waals surface area contributed by atoms with Crippen LogP contribution in [-0.2, 0) is 6.42 Å². The summed E-state index contributed by atoms with van der Waals surface area (Å²) in [4.78, 5) is 6.47. The van der Waals surface area contributed by atoms with Crippen LogP contribution < -0.4 is 4.90 Å². The molecule has 0 radical (unpaired) electrons. The van der Waals surface area contributed by atoms with Crippen molar-refractivity contribution in [3.05, 3.63) is 29.3 Å². The van der Waals surface area contributed by atoms with E-state index >= 15 is 0 Å².